The maximum absolute atomic E-state index is 10.7. The monoisotopic (exact) mass is 333 g/mol. The third-order valence-corrected chi connectivity index (χ3v) is 3.90. The van der Waals surface area contributed by atoms with E-state index in [-0.39, 0.29) is 5.97 Å². The number of nitriles is 1. The fourth-order valence-electron chi connectivity index (χ4n) is 2.54. The predicted octanol–water partition coefficient (Wildman–Crippen LogP) is 3.77. The topological polar surface area (TPSA) is 67.9 Å². The van der Waals surface area contributed by atoms with Crippen LogP contribution in [-0.2, 0) is 22.0 Å². The number of imidazole rings is 1. The van der Waals surface area contributed by atoms with E-state index in [4.69, 9.17) is 21.6 Å². The number of carbonyl (C=O) groups is 1. The number of alkyl halides is 1. The van der Waals surface area contributed by atoms with E-state index >= 15 is 0 Å². The lowest BCUT2D eigenvalue weighted by molar-refractivity contribution is -0.141. The van der Waals surface area contributed by atoms with Gasteiger partial charge in [-0.15, -0.1) is 11.6 Å². The number of benzene rings is 1. The molecule has 0 N–H and O–H groups in total. The Morgan fingerprint density at radius 2 is 2.13 bits per heavy atom. The van der Waals surface area contributed by atoms with E-state index in [1.807, 2.05) is 6.07 Å². The lowest BCUT2D eigenvalue weighted by Crippen LogP contribution is -2.03. The molecule has 0 spiro atoms. The molecule has 0 aliphatic heterocycles. The molecule has 122 valence electrons. The highest BCUT2D eigenvalue weighted by Gasteiger charge is 2.10. The van der Waals surface area contributed by atoms with Crippen LogP contribution >= 0.6 is 11.6 Å². The molecule has 0 amide bonds. The first kappa shape index (κ1) is 17.3. The van der Waals surface area contributed by atoms with Gasteiger partial charge in [0.2, 0.25) is 0 Å². The fraction of sp³-hybridized carbons (Fsp3) is 0.471. The lowest BCUT2D eigenvalue weighted by Gasteiger charge is -2.08. The molecule has 1 heterocycles. The molecule has 0 bridgehead atoms. The summed E-state index contributed by atoms with van der Waals surface area (Å²) in [5.41, 5.74) is 2.43. The second kappa shape index (κ2) is 8.54. The zero-order valence-electron chi connectivity index (χ0n) is 13.2. The van der Waals surface area contributed by atoms with Crippen LogP contribution in [0.1, 0.15) is 44.0 Å². The smallest absolute Gasteiger partial charge is 0.302 e. The summed E-state index contributed by atoms with van der Waals surface area (Å²) in [6.45, 7) is 2.76. The minimum Gasteiger partial charge on any atom is -0.466 e. The van der Waals surface area contributed by atoms with Crippen molar-refractivity contribution in [1.29, 1.82) is 5.26 Å². The highest BCUT2D eigenvalue weighted by Crippen LogP contribution is 2.20. The third-order valence-electron chi connectivity index (χ3n) is 3.66. The van der Waals surface area contributed by atoms with Crippen LogP contribution in [0.15, 0.2) is 18.2 Å². The molecule has 23 heavy (non-hydrogen) atoms. The maximum Gasteiger partial charge on any atom is 0.302 e. The van der Waals surface area contributed by atoms with E-state index in [0.29, 0.717) is 18.1 Å². The van der Waals surface area contributed by atoms with Crippen molar-refractivity contribution in [1.82, 2.24) is 9.55 Å². The van der Waals surface area contributed by atoms with Crippen LogP contribution in [0.2, 0.25) is 0 Å². The van der Waals surface area contributed by atoms with Crippen LogP contribution in [0, 0.1) is 11.3 Å². The van der Waals surface area contributed by atoms with Crippen LogP contribution in [0.5, 0.6) is 0 Å². The van der Waals surface area contributed by atoms with Gasteiger partial charge in [0, 0.05) is 13.5 Å². The summed E-state index contributed by atoms with van der Waals surface area (Å²) in [6, 6.07) is 7.65. The molecule has 0 atom stereocenters. The Hall–Kier alpha value is -2.06. The summed E-state index contributed by atoms with van der Waals surface area (Å²) in [5, 5.41) is 8.97. The average molecular weight is 334 g/mol. The number of halogens is 1. The summed E-state index contributed by atoms with van der Waals surface area (Å²) in [5.74, 6) is 0.957. The predicted molar refractivity (Wildman–Crippen MR) is 89.1 cm³/mol. The molecule has 0 fully saturated rings. The Morgan fingerprint density at radius 3 is 2.83 bits per heavy atom. The van der Waals surface area contributed by atoms with Gasteiger partial charge in [-0.25, -0.2) is 4.98 Å². The van der Waals surface area contributed by atoms with E-state index < -0.39 is 0 Å². The first-order chi connectivity index (χ1) is 11.2. The van der Waals surface area contributed by atoms with E-state index in [2.05, 4.69) is 15.6 Å². The number of unbranched alkanes of at least 4 members (excludes halogenated alkanes) is 3. The third kappa shape index (κ3) is 4.70. The number of hydrogen-bond acceptors (Lipinski definition) is 4. The van der Waals surface area contributed by atoms with Gasteiger partial charge in [0.05, 0.1) is 35.2 Å². The largest absolute Gasteiger partial charge is 0.466 e. The number of aryl methyl sites for hydroxylation is 1. The Kier molecular flexibility index (Phi) is 6.42. The normalized spacial score (nSPS) is 10.7. The molecule has 6 heteroatoms. The summed E-state index contributed by atoms with van der Waals surface area (Å²) >= 11 is 5.99. The minimum atomic E-state index is -0.224. The van der Waals surface area contributed by atoms with Gasteiger partial charge in [0.25, 0.3) is 0 Å². The van der Waals surface area contributed by atoms with Crippen molar-refractivity contribution in [2.45, 2.75) is 45.0 Å². The summed E-state index contributed by atoms with van der Waals surface area (Å²) < 4.78 is 7.03. The van der Waals surface area contributed by atoms with Gasteiger partial charge < -0.3 is 9.30 Å². The van der Waals surface area contributed by atoms with Gasteiger partial charge in [-0.3, -0.25) is 4.79 Å². The second-order valence-electron chi connectivity index (χ2n) is 5.38. The van der Waals surface area contributed by atoms with E-state index in [9.17, 15) is 4.79 Å². The molecular weight excluding hydrogens is 314 g/mol. The molecule has 1 aromatic heterocycles. The van der Waals surface area contributed by atoms with Crippen molar-refractivity contribution in [2.75, 3.05) is 6.61 Å². The first-order valence-electron chi connectivity index (χ1n) is 7.74. The Balaban J connectivity index is 1.92. The molecule has 1 aromatic carbocycles. The molecule has 2 aromatic rings. The highest BCUT2D eigenvalue weighted by molar-refractivity contribution is 6.16. The zero-order chi connectivity index (χ0) is 16.7. The van der Waals surface area contributed by atoms with E-state index in [1.54, 1.807) is 12.1 Å². The number of rotatable bonds is 8. The molecule has 0 unspecified atom stereocenters. The van der Waals surface area contributed by atoms with Crippen LogP contribution in [0.3, 0.4) is 0 Å². The van der Waals surface area contributed by atoms with Crippen LogP contribution in [0.4, 0.5) is 0 Å². The SMILES string of the molecule is CC(=O)OCCCCCCn1c(CCl)nc2cc(C#N)ccc21. The van der Waals surface area contributed by atoms with Gasteiger partial charge in [-0.05, 0) is 37.5 Å². The van der Waals surface area contributed by atoms with Crippen LogP contribution < -0.4 is 0 Å². The molecule has 2 rings (SSSR count). The van der Waals surface area contributed by atoms with Crippen molar-refractivity contribution in [2.24, 2.45) is 0 Å². The van der Waals surface area contributed by atoms with Crippen molar-refractivity contribution >= 4 is 28.6 Å². The number of fused-ring (bicyclic) bond motifs is 1. The first-order valence-corrected chi connectivity index (χ1v) is 8.27. The molecule has 0 aliphatic rings. The van der Waals surface area contributed by atoms with Gasteiger partial charge in [0.1, 0.15) is 5.82 Å². The van der Waals surface area contributed by atoms with E-state index in [0.717, 1.165) is 49.1 Å². The van der Waals surface area contributed by atoms with Gasteiger partial charge in [-0.2, -0.15) is 5.26 Å². The lowest BCUT2D eigenvalue weighted by atomic mass is 10.2. The number of esters is 1. The zero-order valence-corrected chi connectivity index (χ0v) is 14.0. The molecule has 0 saturated heterocycles. The quantitative estimate of drug-likeness (QED) is 0.419. The summed E-state index contributed by atoms with van der Waals surface area (Å²) in [4.78, 5) is 15.2. The molecule has 0 radical (unpaired) electrons. The van der Waals surface area contributed by atoms with Crippen molar-refractivity contribution in [3.63, 3.8) is 0 Å². The molecule has 0 aliphatic carbocycles. The van der Waals surface area contributed by atoms with Crippen LogP contribution in [0.25, 0.3) is 11.0 Å². The second-order valence-corrected chi connectivity index (χ2v) is 5.65. The van der Waals surface area contributed by atoms with Crippen molar-refractivity contribution < 1.29 is 9.53 Å². The van der Waals surface area contributed by atoms with Gasteiger partial charge in [0.15, 0.2) is 0 Å². The van der Waals surface area contributed by atoms with E-state index in [1.165, 1.54) is 6.92 Å². The minimum absolute atomic E-state index is 0.224. The van der Waals surface area contributed by atoms with Gasteiger partial charge >= 0.3 is 5.97 Å². The highest BCUT2D eigenvalue weighted by atomic mass is 35.5. The fourth-order valence-corrected chi connectivity index (χ4v) is 2.75. The molecule has 0 saturated carbocycles. The summed E-state index contributed by atoms with van der Waals surface area (Å²) in [7, 11) is 0. The molecule has 5 nitrogen and oxygen atoms in total. The van der Waals surface area contributed by atoms with Crippen molar-refractivity contribution in [3.8, 4) is 6.07 Å². The molecular formula is C17H20ClN3O2. The number of hydrogen-bond donors (Lipinski definition) is 0. The van der Waals surface area contributed by atoms with Crippen molar-refractivity contribution in [3.05, 3.63) is 29.6 Å². The number of carbonyl (C=O) groups excluding carboxylic acids is 1. The van der Waals surface area contributed by atoms with Crippen LogP contribution in [-0.4, -0.2) is 22.1 Å². The number of nitrogens with zero attached hydrogens (tertiary/aromatic N) is 3. The Morgan fingerprint density at radius 1 is 1.35 bits per heavy atom. The van der Waals surface area contributed by atoms with Gasteiger partial charge in [-0.1, -0.05) is 6.42 Å². The summed E-state index contributed by atoms with van der Waals surface area (Å²) in [6.07, 6.45) is 3.97. The number of aromatic nitrogens is 2. The Bertz CT molecular complexity index is 718. The standard InChI is InChI=1S/C17H20ClN3O2/c1-13(22)23-9-5-3-2-4-8-21-16-7-6-14(12-19)10-15(16)20-17(21)11-18/h6-7,10H,2-5,8-9,11H2,1H3. The number of ether oxygens (including phenoxy) is 1. The average Bonchev–Trinajstić information content (AvgIpc) is 2.90. The Labute approximate surface area is 140 Å². The maximum atomic E-state index is 10.7.